The summed E-state index contributed by atoms with van der Waals surface area (Å²) >= 11 is 0. The lowest BCUT2D eigenvalue weighted by molar-refractivity contribution is -0.155. The van der Waals surface area contributed by atoms with Crippen LogP contribution in [0.15, 0.2) is 24.3 Å². The standard InChI is InChI=1S/C21H26F2N2O5/c22-21(23)30-17-5-1-14(2-6-17)7-10-24-18(26)13-29-20(28)16-8-11-25(12-9-16)19(27)15-3-4-15/h1-2,5-6,15-16,21H,3-4,7-13H2,(H,24,26). The molecule has 1 N–H and O–H groups in total. The highest BCUT2D eigenvalue weighted by molar-refractivity contribution is 5.82. The monoisotopic (exact) mass is 424 g/mol. The van der Waals surface area contributed by atoms with Crippen molar-refractivity contribution in [2.45, 2.75) is 38.7 Å². The van der Waals surface area contributed by atoms with E-state index in [1.54, 1.807) is 12.1 Å². The largest absolute Gasteiger partial charge is 0.455 e. The van der Waals surface area contributed by atoms with Crippen molar-refractivity contribution in [3.8, 4) is 5.75 Å². The van der Waals surface area contributed by atoms with Gasteiger partial charge in [0.15, 0.2) is 6.61 Å². The van der Waals surface area contributed by atoms with Gasteiger partial charge in [-0.25, -0.2) is 0 Å². The molecule has 1 aromatic carbocycles. The number of nitrogens with one attached hydrogen (secondary N) is 1. The fourth-order valence-electron chi connectivity index (χ4n) is 3.41. The van der Waals surface area contributed by atoms with Crippen molar-refractivity contribution < 1.29 is 32.6 Å². The average Bonchev–Trinajstić information content (AvgIpc) is 3.58. The molecule has 1 aliphatic carbocycles. The van der Waals surface area contributed by atoms with E-state index in [0.29, 0.717) is 38.9 Å². The topological polar surface area (TPSA) is 84.9 Å². The fourth-order valence-corrected chi connectivity index (χ4v) is 3.41. The molecule has 1 heterocycles. The van der Waals surface area contributed by atoms with Crippen molar-refractivity contribution in [1.82, 2.24) is 10.2 Å². The first-order valence-corrected chi connectivity index (χ1v) is 10.2. The van der Waals surface area contributed by atoms with Gasteiger partial charge in [0.25, 0.3) is 5.91 Å². The molecule has 2 aliphatic rings. The highest BCUT2D eigenvalue weighted by Gasteiger charge is 2.36. The molecule has 0 aromatic heterocycles. The van der Waals surface area contributed by atoms with Crippen molar-refractivity contribution in [1.29, 1.82) is 0 Å². The number of carbonyl (C=O) groups excluding carboxylic acids is 3. The molecule has 9 heteroatoms. The Kier molecular flexibility index (Phi) is 7.59. The van der Waals surface area contributed by atoms with E-state index >= 15 is 0 Å². The van der Waals surface area contributed by atoms with E-state index in [-0.39, 0.29) is 30.1 Å². The van der Waals surface area contributed by atoms with E-state index < -0.39 is 18.5 Å². The maximum Gasteiger partial charge on any atom is 0.387 e. The zero-order valence-corrected chi connectivity index (χ0v) is 16.6. The molecule has 0 spiro atoms. The number of alkyl halides is 2. The van der Waals surface area contributed by atoms with E-state index in [9.17, 15) is 23.2 Å². The number of nitrogens with zero attached hydrogens (tertiary/aromatic N) is 1. The lowest BCUT2D eigenvalue weighted by Gasteiger charge is -2.31. The summed E-state index contributed by atoms with van der Waals surface area (Å²) in [5.41, 5.74) is 0.849. The average molecular weight is 424 g/mol. The number of carbonyl (C=O) groups is 3. The van der Waals surface area contributed by atoms with Gasteiger partial charge in [-0.2, -0.15) is 8.78 Å². The molecule has 0 radical (unpaired) electrons. The molecule has 164 valence electrons. The zero-order chi connectivity index (χ0) is 21.5. The van der Waals surface area contributed by atoms with Crippen molar-refractivity contribution in [2.24, 2.45) is 11.8 Å². The summed E-state index contributed by atoms with van der Waals surface area (Å²) in [5, 5.41) is 2.66. The highest BCUT2D eigenvalue weighted by Crippen LogP contribution is 2.32. The maximum absolute atomic E-state index is 12.2. The van der Waals surface area contributed by atoms with E-state index in [2.05, 4.69) is 10.1 Å². The van der Waals surface area contributed by atoms with Gasteiger partial charge in [-0.3, -0.25) is 14.4 Å². The number of hydrogen-bond acceptors (Lipinski definition) is 5. The molecule has 1 saturated heterocycles. The lowest BCUT2D eigenvalue weighted by Crippen LogP contribution is -2.41. The van der Waals surface area contributed by atoms with Gasteiger partial charge in [0, 0.05) is 25.6 Å². The minimum absolute atomic E-state index is 0.0763. The molecule has 1 aliphatic heterocycles. The molecule has 2 fully saturated rings. The van der Waals surface area contributed by atoms with Gasteiger partial charge < -0.3 is 19.7 Å². The van der Waals surface area contributed by atoms with Gasteiger partial charge in [0.2, 0.25) is 5.91 Å². The number of benzene rings is 1. The predicted molar refractivity (Wildman–Crippen MR) is 103 cm³/mol. The SMILES string of the molecule is O=C(COC(=O)C1CCN(C(=O)C2CC2)CC1)NCCc1ccc(OC(F)F)cc1. The smallest absolute Gasteiger partial charge is 0.387 e. The third-order valence-corrected chi connectivity index (χ3v) is 5.30. The number of rotatable bonds is 9. The first kappa shape index (κ1) is 22.0. The molecule has 7 nitrogen and oxygen atoms in total. The van der Waals surface area contributed by atoms with E-state index in [1.807, 2.05) is 4.90 Å². The van der Waals surface area contributed by atoms with Crippen molar-refractivity contribution in [3.05, 3.63) is 29.8 Å². The number of piperidine rings is 1. The van der Waals surface area contributed by atoms with E-state index in [1.165, 1.54) is 12.1 Å². The molecular weight excluding hydrogens is 398 g/mol. The first-order valence-electron chi connectivity index (χ1n) is 10.2. The van der Waals surface area contributed by atoms with Crippen LogP contribution < -0.4 is 10.1 Å². The van der Waals surface area contributed by atoms with Crippen LogP contribution in [0.25, 0.3) is 0 Å². The Hall–Kier alpha value is -2.71. The van der Waals surface area contributed by atoms with Crippen molar-refractivity contribution in [3.63, 3.8) is 0 Å². The third kappa shape index (κ3) is 6.67. The molecule has 2 amide bonds. The van der Waals surface area contributed by atoms with Gasteiger partial charge in [-0.05, 0) is 49.8 Å². The quantitative estimate of drug-likeness (QED) is 0.614. The summed E-state index contributed by atoms with van der Waals surface area (Å²) in [6.07, 6.45) is 3.55. The van der Waals surface area contributed by atoms with Crippen LogP contribution in [-0.2, 0) is 25.5 Å². The van der Waals surface area contributed by atoms with Crippen LogP contribution in [0.4, 0.5) is 8.78 Å². The molecule has 3 rings (SSSR count). The molecule has 0 unspecified atom stereocenters. The molecule has 1 aromatic rings. The molecule has 1 saturated carbocycles. The Morgan fingerprint density at radius 1 is 1.03 bits per heavy atom. The summed E-state index contributed by atoms with van der Waals surface area (Å²) in [6, 6.07) is 6.16. The zero-order valence-electron chi connectivity index (χ0n) is 16.6. The van der Waals surface area contributed by atoms with Crippen LogP contribution in [0.2, 0.25) is 0 Å². The Bertz CT molecular complexity index is 744. The van der Waals surface area contributed by atoms with Crippen LogP contribution in [-0.4, -0.2) is 55.5 Å². The molecule has 0 bridgehead atoms. The van der Waals surface area contributed by atoms with Crippen LogP contribution in [0.1, 0.15) is 31.2 Å². The van der Waals surface area contributed by atoms with E-state index in [0.717, 1.165) is 18.4 Å². The van der Waals surface area contributed by atoms with Crippen LogP contribution in [0.5, 0.6) is 5.75 Å². The number of amides is 2. The first-order chi connectivity index (χ1) is 14.4. The van der Waals surface area contributed by atoms with E-state index in [4.69, 9.17) is 4.74 Å². The Labute approximate surface area is 173 Å². The number of halogens is 2. The maximum atomic E-state index is 12.2. The third-order valence-electron chi connectivity index (χ3n) is 5.30. The van der Waals surface area contributed by atoms with Crippen molar-refractivity contribution in [2.75, 3.05) is 26.2 Å². The number of hydrogen-bond donors (Lipinski definition) is 1. The normalized spacial score (nSPS) is 17.0. The summed E-state index contributed by atoms with van der Waals surface area (Å²) in [6.45, 7) is -1.77. The fraction of sp³-hybridized carbons (Fsp3) is 0.571. The Morgan fingerprint density at radius 3 is 2.30 bits per heavy atom. The molecule has 0 atom stereocenters. The Balaban J connectivity index is 1.29. The van der Waals surface area contributed by atoms with Crippen molar-refractivity contribution >= 4 is 17.8 Å². The van der Waals surface area contributed by atoms with Gasteiger partial charge in [0.05, 0.1) is 5.92 Å². The summed E-state index contributed by atoms with van der Waals surface area (Å²) in [4.78, 5) is 37.9. The highest BCUT2D eigenvalue weighted by atomic mass is 19.3. The number of likely N-dealkylation sites (tertiary alicyclic amines) is 1. The minimum Gasteiger partial charge on any atom is -0.455 e. The second-order valence-corrected chi connectivity index (χ2v) is 7.60. The van der Waals surface area contributed by atoms with Crippen LogP contribution in [0, 0.1) is 11.8 Å². The Morgan fingerprint density at radius 2 is 1.70 bits per heavy atom. The molecular formula is C21H26F2N2O5. The summed E-state index contributed by atoms with van der Waals surface area (Å²) in [5.74, 6) is -0.637. The summed E-state index contributed by atoms with van der Waals surface area (Å²) in [7, 11) is 0. The number of esters is 1. The second-order valence-electron chi connectivity index (χ2n) is 7.60. The van der Waals surface area contributed by atoms with Gasteiger partial charge in [-0.15, -0.1) is 0 Å². The van der Waals surface area contributed by atoms with Crippen LogP contribution >= 0.6 is 0 Å². The van der Waals surface area contributed by atoms with Crippen LogP contribution in [0.3, 0.4) is 0 Å². The second kappa shape index (κ2) is 10.4. The van der Waals surface area contributed by atoms with Gasteiger partial charge >= 0.3 is 12.6 Å². The molecule has 30 heavy (non-hydrogen) atoms. The summed E-state index contributed by atoms with van der Waals surface area (Å²) < 4.78 is 33.6. The minimum atomic E-state index is -2.87. The van der Waals surface area contributed by atoms with Gasteiger partial charge in [-0.1, -0.05) is 12.1 Å². The predicted octanol–water partition coefficient (Wildman–Crippen LogP) is 2.14. The van der Waals surface area contributed by atoms with Gasteiger partial charge in [0.1, 0.15) is 5.75 Å². The lowest BCUT2D eigenvalue weighted by atomic mass is 9.97. The number of ether oxygens (including phenoxy) is 2.